The quantitative estimate of drug-likeness (QED) is 0.854. The van der Waals surface area contributed by atoms with Gasteiger partial charge in [-0.1, -0.05) is 29.8 Å². The first kappa shape index (κ1) is 15.0. The molecule has 0 aliphatic carbocycles. The SMILES string of the molecule is Cc1ccc(C(N)CNC(C)CC(F)(F)F)cc1. The minimum Gasteiger partial charge on any atom is -0.323 e. The third kappa shape index (κ3) is 5.51. The van der Waals surface area contributed by atoms with Gasteiger partial charge in [-0.25, -0.2) is 0 Å². The van der Waals surface area contributed by atoms with Crippen molar-refractivity contribution in [2.45, 2.75) is 38.5 Å². The lowest BCUT2D eigenvalue weighted by molar-refractivity contribution is -0.139. The third-order valence-corrected chi connectivity index (χ3v) is 2.73. The smallest absolute Gasteiger partial charge is 0.323 e. The van der Waals surface area contributed by atoms with Crippen LogP contribution in [0.4, 0.5) is 13.2 Å². The van der Waals surface area contributed by atoms with Crippen molar-refractivity contribution in [1.82, 2.24) is 5.32 Å². The van der Waals surface area contributed by atoms with Crippen LogP contribution in [0.15, 0.2) is 24.3 Å². The van der Waals surface area contributed by atoms with Gasteiger partial charge in [-0.3, -0.25) is 0 Å². The number of rotatable bonds is 5. The van der Waals surface area contributed by atoms with Crippen LogP contribution in [-0.2, 0) is 0 Å². The maximum Gasteiger partial charge on any atom is 0.390 e. The van der Waals surface area contributed by atoms with Gasteiger partial charge in [0.25, 0.3) is 0 Å². The molecule has 2 unspecified atom stereocenters. The van der Waals surface area contributed by atoms with Crippen LogP contribution < -0.4 is 11.1 Å². The molecule has 102 valence electrons. The molecule has 1 rings (SSSR count). The van der Waals surface area contributed by atoms with Crippen molar-refractivity contribution in [1.29, 1.82) is 0 Å². The van der Waals surface area contributed by atoms with Crippen LogP contribution >= 0.6 is 0 Å². The maximum absolute atomic E-state index is 12.1. The fourth-order valence-electron chi connectivity index (χ4n) is 1.68. The van der Waals surface area contributed by atoms with Crippen LogP contribution in [0.3, 0.4) is 0 Å². The van der Waals surface area contributed by atoms with E-state index in [0.717, 1.165) is 11.1 Å². The van der Waals surface area contributed by atoms with Crippen LogP contribution in [0.25, 0.3) is 0 Å². The molecule has 0 saturated heterocycles. The van der Waals surface area contributed by atoms with E-state index in [1.54, 1.807) is 0 Å². The summed E-state index contributed by atoms with van der Waals surface area (Å²) in [7, 11) is 0. The Morgan fingerprint density at radius 3 is 2.28 bits per heavy atom. The number of aryl methyl sites for hydroxylation is 1. The van der Waals surface area contributed by atoms with Crippen molar-refractivity contribution in [3.05, 3.63) is 35.4 Å². The predicted octanol–water partition coefficient (Wildman–Crippen LogP) is 2.93. The molecule has 0 aromatic heterocycles. The highest BCUT2D eigenvalue weighted by Crippen LogP contribution is 2.21. The topological polar surface area (TPSA) is 38.0 Å². The molecule has 2 nitrogen and oxygen atoms in total. The van der Waals surface area contributed by atoms with Gasteiger partial charge in [0, 0.05) is 18.6 Å². The van der Waals surface area contributed by atoms with E-state index in [4.69, 9.17) is 5.73 Å². The van der Waals surface area contributed by atoms with Crippen LogP contribution in [0, 0.1) is 6.92 Å². The molecule has 0 saturated carbocycles. The van der Waals surface area contributed by atoms with Gasteiger partial charge in [-0.15, -0.1) is 0 Å². The number of halogens is 3. The lowest BCUT2D eigenvalue weighted by Crippen LogP contribution is -2.36. The molecule has 0 amide bonds. The summed E-state index contributed by atoms with van der Waals surface area (Å²) in [6.07, 6.45) is -4.98. The second kappa shape index (κ2) is 6.20. The van der Waals surface area contributed by atoms with E-state index < -0.39 is 18.6 Å². The lowest BCUT2D eigenvalue weighted by Gasteiger charge is -2.19. The fraction of sp³-hybridized carbons (Fsp3) is 0.538. The molecule has 0 aliphatic heterocycles. The number of alkyl halides is 3. The Morgan fingerprint density at radius 1 is 1.22 bits per heavy atom. The molecular formula is C13H19F3N2. The molecule has 18 heavy (non-hydrogen) atoms. The van der Waals surface area contributed by atoms with E-state index in [1.807, 2.05) is 31.2 Å². The number of hydrogen-bond acceptors (Lipinski definition) is 2. The molecule has 1 aromatic rings. The van der Waals surface area contributed by atoms with E-state index in [0.29, 0.717) is 6.54 Å². The van der Waals surface area contributed by atoms with E-state index in [2.05, 4.69) is 5.32 Å². The Morgan fingerprint density at radius 2 is 1.78 bits per heavy atom. The molecule has 0 fully saturated rings. The zero-order valence-corrected chi connectivity index (χ0v) is 10.6. The summed E-state index contributed by atoms with van der Waals surface area (Å²) >= 11 is 0. The molecule has 3 N–H and O–H groups in total. The highest BCUT2D eigenvalue weighted by molar-refractivity contribution is 5.24. The van der Waals surface area contributed by atoms with Crippen LogP contribution in [0.5, 0.6) is 0 Å². The van der Waals surface area contributed by atoms with Gasteiger partial charge in [-0.2, -0.15) is 13.2 Å². The third-order valence-electron chi connectivity index (χ3n) is 2.73. The summed E-state index contributed by atoms with van der Waals surface area (Å²) in [5, 5.41) is 2.81. The van der Waals surface area contributed by atoms with Gasteiger partial charge in [0.05, 0.1) is 6.42 Å². The summed E-state index contributed by atoms with van der Waals surface area (Å²) in [4.78, 5) is 0. The van der Waals surface area contributed by atoms with Crippen molar-refractivity contribution >= 4 is 0 Å². The normalized spacial score (nSPS) is 15.4. The molecule has 1 aromatic carbocycles. The van der Waals surface area contributed by atoms with E-state index >= 15 is 0 Å². The zero-order chi connectivity index (χ0) is 13.8. The van der Waals surface area contributed by atoms with Gasteiger partial charge in [0.1, 0.15) is 0 Å². The second-order valence-corrected chi connectivity index (χ2v) is 4.65. The van der Waals surface area contributed by atoms with Crippen LogP contribution in [-0.4, -0.2) is 18.8 Å². The van der Waals surface area contributed by atoms with Crippen LogP contribution in [0.1, 0.15) is 30.5 Å². The monoisotopic (exact) mass is 260 g/mol. The van der Waals surface area contributed by atoms with Crippen molar-refractivity contribution in [3.63, 3.8) is 0 Å². The number of benzene rings is 1. The van der Waals surface area contributed by atoms with Crippen LogP contribution in [0.2, 0.25) is 0 Å². The molecule has 0 aliphatic rings. The van der Waals surface area contributed by atoms with Gasteiger partial charge in [0.15, 0.2) is 0 Å². The number of nitrogens with one attached hydrogen (secondary N) is 1. The molecule has 0 heterocycles. The maximum atomic E-state index is 12.1. The highest BCUT2D eigenvalue weighted by atomic mass is 19.4. The van der Waals surface area contributed by atoms with Gasteiger partial charge < -0.3 is 11.1 Å². The summed E-state index contributed by atoms with van der Waals surface area (Å²) in [5.74, 6) is 0. The van der Waals surface area contributed by atoms with Crippen molar-refractivity contribution in [2.24, 2.45) is 5.73 Å². The molecule has 0 radical (unpaired) electrons. The first-order valence-corrected chi connectivity index (χ1v) is 5.90. The van der Waals surface area contributed by atoms with Gasteiger partial charge in [-0.05, 0) is 19.4 Å². The lowest BCUT2D eigenvalue weighted by atomic mass is 10.1. The molecule has 0 spiro atoms. The van der Waals surface area contributed by atoms with Crippen molar-refractivity contribution in [3.8, 4) is 0 Å². The first-order chi connectivity index (χ1) is 8.28. The average Bonchev–Trinajstić information content (AvgIpc) is 2.24. The first-order valence-electron chi connectivity index (χ1n) is 5.90. The molecule has 2 atom stereocenters. The summed E-state index contributed by atoms with van der Waals surface area (Å²) < 4.78 is 36.4. The average molecular weight is 260 g/mol. The molecular weight excluding hydrogens is 241 g/mol. The van der Waals surface area contributed by atoms with E-state index in [9.17, 15) is 13.2 Å². The largest absolute Gasteiger partial charge is 0.390 e. The Hall–Kier alpha value is -1.07. The summed E-state index contributed by atoms with van der Waals surface area (Å²) in [6, 6.07) is 6.76. The Kier molecular flexibility index (Phi) is 5.16. The predicted molar refractivity (Wildman–Crippen MR) is 66.2 cm³/mol. The zero-order valence-electron chi connectivity index (χ0n) is 10.6. The Labute approximate surface area is 105 Å². The van der Waals surface area contributed by atoms with Crippen molar-refractivity contribution in [2.75, 3.05) is 6.54 Å². The van der Waals surface area contributed by atoms with Gasteiger partial charge in [0.2, 0.25) is 0 Å². The number of hydrogen-bond donors (Lipinski definition) is 2. The summed E-state index contributed by atoms with van der Waals surface area (Å²) in [6.45, 7) is 3.81. The fourth-order valence-corrected chi connectivity index (χ4v) is 1.68. The minimum atomic E-state index is -4.14. The minimum absolute atomic E-state index is 0.290. The van der Waals surface area contributed by atoms with Crippen molar-refractivity contribution < 1.29 is 13.2 Å². The van der Waals surface area contributed by atoms with E-state index in [-0.39, 0.29) is 6.04 Å². The Balaban J connectivity index is 2.41. The second-order valence-electron chi connectivity index (χ2n) is 4.65. The standard InChI is InChI=1S/C13H19F3N2/c1-9-3-5-11(6-4-9)12(17)8-18-10(2)7-13(14,15)16/h3-6,10,12,18H,7-8,17H2,1-2H3. The van der Waals surface area contributed by atoms with E-state index in [1.165, 1.54) is 6.92 Å². The molecule has 0 bridgehead atoms. The summed E-state index contributed by atoms with van der Waals surface area (Å²) in [5.41, 5.74) is 7.97. The molecule has 5 heteroatoms. The highest BCUT2D eigenvalue weighted by Gasteiger charge is 2.29. The van der Waals surface area contributed by atoms with Gasteiger partial charge >= 0.3 is 6.18 Å². The number of nitrogens with two attached hydrogens (primary N) is 1. The Bertz CT molecular complexity index is 359.